The van der Waals surface area contributed by atoms with Crippen LogP contribution in [0.5, 0.6) is 0 Å². The van der Waals surface area contributed by atoms with Crippen molar-refractivity contribution in [1.29, 1.82) is 0 Å². The normalized spacial score (nSPS) is 23.3. The van der Waals surface area contributed by atoms with Gasteiger partial charge >= 0.3 is 5.97 Å². The molecular weight excluding hydrogens is 292 g/mol. The number of nitrogens with one attached hydrogen (secondary N) is 2. The van der Waals surface area contributed by atoms with Crippen molar-refractivity contribution < 1.29 is 19.5 Å². The van der Waals surface area contributed by atoms with Gasteiger partial charge in [0.25, 0.3) is 0 Å². The number of anilines is 1. The summed E-state index contributed by atoms with van der Waals surface area (Å²) in [7, 11) is 0. The topological polar surface area (TPSA) is 87.7 Å². The van der Waals surface area contributed by atoms with Crippen LogP contribution in [0.4, 0.5) is 5.69 Å². The molecule has 0 saturated carbocycles. The van der Waals surface area contributed by atoms with Crippen LogP contribution < -0.4 is 10.8 Å². The van der Waals surface area contributed by atoms with Crippen LogP contribution in [0.15, 0.2) is 28.7 Å². The SMILES string of the molecule is O=C(Nc1cccc(Br)c1)C1C(=O)ONC1O. The van der Waals surface area contributed by atoms with Gasteiger partial charge in [0, 0.05) is 10.2 Å². The number of benzene rings is 1. The van der Waals surface area contributed by atoms with Gasteiger partial charge in [-0.25, -0.2) is 4.79 Å². The molecule has 0 aliphatic carbocycles. The highest BCUT2D eigenvalue weighted by atomic mass is 79.9. The Hall–Kier alpha value is -1.44. The molecule has 1 heterocycles. The lowest BCUT2D eigenvalue weighted by Crippen LogP contribution is -2.36. The summed E-state index contributed by atoms with van der Waals surface area (Å²) in [6, 6.07) is 6.89. The van der Waals surface area contributed by atoms with E-state index in [2.05, 4.69) is 26.1 Å². The lowest BCUT2D eigenvalue weighted by atomic mass is 10.1. The zero-order valence-electron chi connectivity index (χ0n) is 8.51. The largest absolute Gasteiger partial charge is 0.374 e. The van der Waals surface area contributed by atoms with Crippen molar-refractivity contribution in [3.63, 3.8) is 0 Å². The molecule has 1 aromatic rings. The Morgan fingerprint density at radius 1 is 1.53 bits per heavy atom. The molecule has 90 valence electrons. The molecule has 1 aromatic carbocycles. The number of halogens is 1. The van der Waals surface area contributed by atoms with Crippen molar-refractivity contribution in [3.8, 4) is 0 Å². The fraction of sp³-hybridized carbons (Fsp3) is 0.200. The van der Waals surface area contributed by atoms with E-state index < -0.39 is 24.0 Å². The molecule has 6 nitrogen and oxygen atoms in total. The highest BCUT2D eigenvalue weighted by Gasteiger charge is 2.41. The molecule has 2 atom stereocenters. The maximum absolute atomic E-state index is 11.7. The third kappa shape index (κ3) is 2.63. The van der Waals surface area contributed by atoms with Crippen molar-refractivity contribution >= 4 is 33.5 Å². The van der Waals surface area contributed by atoms with E-state index in [0.29, 0.717) is 5.69 Å². The second-order valence-corrected chi connectivity index (χ2v) is 4.38. The standard InChI is InChI=1S/C10H9BrN2O4/c11-5-2-1-3-6(4-5)12-8(14)7-9(15)13-17-10(7)16/h1-4,7,9,13,15H,(H,12,14). The molecule has 2 rings (SSSR count). The second-order valence-electron chi connectivity index (χ2n) is 3.46. The fourth-order valence-corrected chi connectivity index (χ4v) is 1.81. The summed E-state index contributed by atoms with van der Waals surface area (Å²) in [5, 5.41) is 11.9. The highest BCUT2D eigenvalue weighted by molar-refractivity contribution is 9.10. The number of rotatable bonds is 2. The number of aliphatic hydroxyl groups is 1. The summed E-state index contributed by atoms with van der Waals surface area (Å²) in [4.78, 5) is 27.2. The number of amides is 1. The zero-order chi connectivity index (χ0) is 12.4. The maximum Gasteiger partial charge on any atom is 0.341 e. The van der Waals surface area contributed by atoms with Gasteiger partial charge in [-0.05, 0) is 18.2 Å². The number of hydroxylamine groups is 1. The number of hydrogen-bond acceptors (Lipinski definition) is 5. The number of hydrogen-bond donors (Lipinski definition) is 3. The van der Waals surface area contributed by atoms with E-state index >= 15 is 0 Å². The minimum atomic E-state index is -1.32. The monoisotopic (exact) mass is 300 g/mol. The Morgan fingerprint density at radius 3 is 2.88 bits per heavy atom. The van der Waals surface area contributed by atoms with Crippen LogP contribution >= 0.6 is 15.9 Å². The molecule has 7 heteroatoms. The van der Waals surface area contributed by atoms with Crippen molar-refractivity contribution in [3.05, 3.63) is 28.7 Å². The Kier molecular flexibility index (Phi) is 3.41. The highest BCUT2D eigenvalue weighted by Crippen LogP contribution is 2.18. The Labute approximate surface area is 105 Å². The summed E-state index contributed by atoms with van der Waals surface area (Å²) >= 11 is 3.25. The first-order valence-corrected chi connectivity index (χ1v) is 5.58. The number of carbonyl (C=O) groups excluding carboxylic acids is 2. The third-order valence-electron chi connectivity index (χ3n) is 2.22. The van der Waals surface area contributed by atoms with Crippen LogP contribution in [0.3, 0.4) is 0 Å². The van der Waals surface area contributed by atoms with Gasteiger partial charge in [-0.2, -0.15) is 0 Å². The van der Waals surface area contributed by atoms with Crippen molar-refractivity contribution in [2.45, 2.75) is 6.23 Å². The van der Waals surface area contributed by atoms with E-state index in [1.165, 1.54) is 0 Å². The van der Waals surface area contributed by atoms with Gasteiger partial charge in [-0.3, -0.25) is 4.79 Å². The average molecular weight is 301 g/mol. The van der Waals surface area contributed by atoms with Crippen LogP contribution in [0.25, 0.3) is 0 Å². The summed E-state index contributed by atoms with van der Waals surface area (Å²) in [6.07, 6.45) is -1.32. The van der Waals surface area contributed by atoms with Gasteiger partial charge in [0.2, 0.25) is 5.91 Å². The van der Waals surface area contributed by atoms with E-state index in [1.807, 2.05) is 5.48 Å². The van der Waals surface area contributed by atoms with Gasteiger partial charge in [0.05, 0.1) is 0 Å². The zero-order valence-corrected chi connectivity index (χ0v) is 10.1. The lowest BCUT2D eigenvalue weighted by Gasteiger charge is -2.10. The minimum absolute atomic E-state index is 0.524. The first-order valence-electron chi connectivity index (χ1n) is 4.78. The third-order valence-corrected chi connectivity index (χ3v) is 2.72. The van der Waals surface area contributed by atoms with E-state index in [1.54, 1.807) is 24.3 Å². The summed E-state index contributed by atoms with van der Waals surface area (Å²) < 4.78 is 0.794. The summed E-state index contributed by atoms with van der Waals surface area (Å²) in [6.45, 7) is 0. The average Bonchev–Trinajstić information content (AvgIpc) is 2.58. The van der Waals surface area contributed by atoms with E-state index in [0.717, 1.165) is 4.47 Å². The molecule has 3 N–H and O–H groups in total. The molecule has 0 bridgehead atoms. The Bertz CT molecular complexity index is 465. The molecule has 2 unspecified atom stereocenters. The second kappa shape index (κ2) is 4.82. The molecular formula is C10H9BrN2O4. The van der Waals surface area contributed by atoms with Crippen molar-refractivity contribution in [1.82, 2.24) is 5.48 Å². The molecule has 0 aromatic heterocycles. The van der Waals surface area contributed by atoms with E-state index in [9.17, 15) is 14.7 Å². The van der Waals surface area contributed by atoms with Crippen LogP contribution in [-0.4, -0.2) is 23.2 Å². The summed E-state index contributed by atoms with van der Waals surface area (Å²) in [5.41, 5.74) is 2.56. The van der Waals surface area contributed by atoms with Crippen molar-refractivity contribution in [2.75, 3.05) is 5.32 Å². The van der Waals surface area contributed by atoms with Crippen molar-refractivity contribution in [2.24, 2.45) is 5.92 Å². The predicted molar refractivity (Wildman–Crippen MR) is 61.5 cm³/mol. The van der Waals surface area contributed by atoms with E-state index in [4.69, 9.17) is 0 Å². The molecule has 1 amide bonds. The van der Waals surface area contributed by atoms with Gasteiger partial charge < -0.3 is 15.3 Å². The number of carbonyl (C=O) groups is 2. The molecule has 0 spiro atoms. The first kappa shape index (κ1) is 12.0. The fourth-order valence-electron chi connectivity index (χ4n) is 1.42. The minimum Gasteiger partial charge on any atom is -0.374 e. The maximum atomic E-state index is 11.7. The molecule has 17 heavy (non-hydrogen) atoms. The molecule has 1 fully saturated rings. The predicted octanol–water partition coefficient (Wildman–Crippen LogP) is 0.384. The molecule has 1 aliphatic heterocycles. The molecule has 1 aliphatic rings. The lowest BCUT2D eigenvalue weighted by molar-refractivity contribution is -0.147. The quantitative estimate of drug-likeness (QED) is 0.688. The number of aliphatic hydroxyl groups excluding tert-OH is 1. The van der Waals surface area contributed by atoms with Gasteiger partial charge in [-0.15, -0.1) is 5.48 Å². The van der Waals surface area contributed by atoms with Gasteiger partial charge in [0.15, 0.2) is 12.1 Å². The molecule has 1 saturated heterocycles. The van der Waals surface area contributed by atoms with Crippen LogP contribution in [-0.2, 0) is 14.4 Å². The van der Waals surface area contributed by atoms with E-state index in [-0.39, 0.29) is 0 Å². The van der Waals surface area contributed by atoms with Crippen LogP contribution in [0.2, 0.25) is 0 Å². The van der Waals surface area contributed by atoms with Gasteiger partial charge in [0.1, 0.15) is 0 Å². The Balaban J connectivity index is 2.09. The smallest absolute Gasteiger partial charge is 0.341 e. The Morgan fingerprint density at radius 2 is 2.29 bits per heavy atom. The first-order chi connectivity index (χ1) is 8.08. The van der Waals surface area contributed by atoms with Gasteiger partial charge in [-0.1, -0.05) is 22.0 Å². The summed E-state index contributed by atoms with van der Waals surface area (Å²) in [5.74, 6) is -2.68. The van der Waals surface area contributed by atoms with Crippen LogP contribution in [0.1, 0.15) is 0 Å². The van der Waals surface area contributed by atoms with Crippen LogP contribution in [0, 0.1) is 5.92 Å². The molecule has 0 radical (unpaired) electrons.